The van der Waals surface area contributed by atoms with Crippen LogP contribution in [0, 0.1) is 29.3 Å². The second-order valence-corrected chi connectivity index (χ2v) is 7.48. The van der Waals surface area contributed by atoms with Gasteiger partial charge < -0.3 is 4.74 Å². The molecule has 0 aromatic heterocycles. The number of unbranched alkanes of at least 4 members (excludes halogenated alkanes) is 1. The highest BCUT2D eigenvalue weighted by Crippen LogP contribution is 2.25. The lowest BCUT2D eigenvalue weighted by molar-refractivity contribution is 0.309. The Morgan fingerprint density at radius 3 is 2.03 bits per heavy atom. The smallest absolute Gasteiger partial charge is 0.195 e. The molecule has 1 nitrogen and oxygen atoms in total. The molecule has 0 aliphatic rings. The van der Waals surface area contributed by atoms with Crippen LogP contribution in [0.1, 0.15) is 30.9 Å². The van der Waals surface area contributed by atoms with Crippen molar-refractivity contribution in [3.05, 3.63) is 101 Å². The molecule has 0 aliphatic heterocycles. The summed E-state index contributed by atoms with van der Waals surface area (Å²) in [5.41, 5.74) is 3.54. The lowest BCUT2D eigenvalue weighted by Crippen LogP contribution is -1.95. The molecule has 0 radical (unpaired) electrons. The van der Waals surface area contributed by atoms with E-state index in [0.717, 1.165) is 48.0 Å². The fourth-order valence-electron chi connectivity index (χ4n) is 3.35. The highest BCUT2D eigenvalue weighted by molar-refractivity contribution is 5.84. The minimum atomic E-state index is -1.46. The molecule has 160 valence electrons. The predicted molar refractivity (Wildman–Crippen MR) is 122 cm³/mol. The molecule has 4 aromatic carbocycles. The molecule has 0 heterocycles. The summed E-state index contributed by atoms with van der Waals surface area (Å²) in [7, 11) is 0. The van der Waals surface area contributed by atoms with Crippen LogP contribution in [0.25, 0.3) is 21.9 Å². The summed E-state index contributed by atoms with van der Waals surface area (Å²) in [6.45, 7) is 2.86. The SMILES string of the molecule is CCCCOc1ccc(-c2ccc(C#Cc3ccc4c(F)c(F)c(F)cc4c3)cc2)cc1. The lowest BCUT2D eigenvalue weighted by Gasteiger charge is -2.07. The molecule has 0 fully saturated rings. The minimum absolute atomic E-state index is 0.0283. The van der Waals surface area contributed by atoms with E-state index < -0.39 is 17.5 Å². The highest BCUT2D eigenvalue weighted by Gasteiger charge is 2.13. The van der Waals surface area contributed by atoms with Gasteiger partial charge in [-0.2, -0.15) is 0 Å². The number of rotatable bonds is 5. The van der Waals surface area contributed by atoms with E-state index in [1.165, 1.54) is 6.07 Å². The summed E-state index contributed by atoms with van der Waals surface area (Å²) in [5.74, 6) is 3.05. The maximum absolute atomic E-state index is 13.9. The Bertz CT molecular complexity index is 1300. The zero-order valence-corrected chi connectivity index (χ0v) is 17.6. The molecule has 0 atom stereocenters. The van der Waals surface area contributed by atoms with Crippen LogP contribution in [-0.2, 0) is 0 Å². The maximum Gasteiger partial charge on any atom is 0.195 e. The first-order valence-corrected chi connectivity index (χ1v) is 10.5. The van der Waals surface area contributed by atoms with Gasteiger partial charge in [-0.15, -0.1) is 0 Å². The van der Waals surface area contributed by atoms with Gasteiger partial charge in [-0.25, -0.2) is 13.2 Å². The van der Waals surface area contributed by atoms with Crippen molar-refractivity contribution in [3.8, 4) is 28.7 Å². The third-order valence-corrected chi connectivity index (χ3v) is 5.16. The van der Waals surface area contributed by atoms with Crippen molar-refractivity contribution in [1.29, 1.82) is 0 Å². The number of hydrogen-bond donors (Lipinski definition) is 0. The third kappa shape index (κ3) is 4.78. The normalized spacial score (nSPS) is 10.6. The van der Waals surface area contributed by atoms with E-state index in [4.69, 9.17) is 4.74 Å². The average molecular weight is 430 g/mol. The van der Waals surface area contributed by atoms with Crippen molar-refractivity contribution in [2.75, 3.05) is 6.61 Å². The maximum atomic E-state index is 13.9. The van der Waals surface area contributed by atoms with E-state index in [1.807, 2.05) is 48.5 Å². The van der Waals surface area contributed by atoms with E-state index in [0.29, 0.717) is 5.56 Å². The fourth-order valence-corrected chi connectivity index (χ4v) is 3.35. The van der Waals surface area contributed by atoms with Gasteiger partial charge in [0, 0.05) is 16.5 Å². The predicted octanol–water partition coefficient (Wildman–Crippen LogP) is 7.50. The van der Waals surface area contributed by atoms with Gasteiger partial charge in [0.15, 0.2) is 17.5 Å². The molecule has 32 heavy (non-hydrogen) atoms. The van der Waals surface area contributed by atoms with Crippen molar-refractivity contribution in [2.24, 2.45) is 0 Å². The zero-order chi connectivity index (χ0) is 22.5. The lowest BCUT2D eigenvalue weighted by atomic mass is 10.0. The summed E-state index contributed by atoms with van der Waals surface area (Å²) in [4.78, 5) is 0. The van der Waals surface area contributed by atoms with Crippen LogP contribution in [0.4, 0.5) is 13.2 Å². The van der Waals surface area contributed by atoms with Gasteiger partial charge in [0.2, 0.25) is 0 Å². The van der Waals surface area contributed by atoms with Crippen LogP contribution < -0.4 is 4.74 Å². The van der Waals surface area contributed by atoms with Crippen molar-refractivity contribution in [3.63, 3.8) is 0 Å². The molecule has 0 aliphatic carbocycles. The van der Waals surface area contributed by atoms with Crippen molar-refractivity contribution < 1.29 is 17.9 Å². The number of hydrogen-bond acceptors (Lipinski definition) is 1. The van der Waals surface area contributed by atoms with Gasteiger partial charge in [0.05, 0.1) is 6.61 Å². The van der Waals surface area contributed by atoms with Crippen LogP contribution in [0.2, 0.25) is 0 Å². The summed E-state index contributed by atoms with van der Waals surface area (Å²) < 4.78 is 46.4. The first-order valence-electron chi connectivity index (χ1n) is 10.5. The van der Waals surface area contributed by atoms with E-state index in [1.54, 1.807) is 12.1 Å². The molecule has 0 N–H and O–H groups in total. The monoisotopic (exact) mass is 430 g/mol. The number of fused-ring (bicyclic) bond motifs is 1. The molecule has 4 aromatic rings. The average Bonchev–Trinajstić information content (AvgIpc) is 2.82. The first kappa shape index (κ1) is 21.5. The summed E-state index contributed by atoms with van der Waals surface area (Å²) in [6.07, 6.45) is 2.14. The largest absolute Gasteiger partial charge is 0.494 e. The third-order valence-electron chi connectivity index (χ3n) is 5.16. The summed E-state index contributed by atoms with van der Waals surface area (Å²) in [5, 5.41) is 0.297. The van der Waals surface area contributed by atoms with Crippen molar-refractivity contribution in [2.45, 2.75) is 19.8 Å². The van der Waals surface area contributed by atoms with Gasteiger partial charge in [-0.1, -0.05) is 55.5 Å². The molecule has 0 amide bonds. The van der Waals surface area contributed by atoms with Gasteiger partial charge in [0.1, 0.15) is 5.75 Å². The van der Waals surface area contributed by atoms with Gasteiger partial charge in [0.25, 0.3) is 0 Å². The van der Waals surface area contributed by atoms with E-state index >= 15 is 0 Å². The molecule has 0 unspecified atom stereocenters. The Balaban J connectivity index is 1.49. The van der Waals surface area contributed by atoms with Crippen LogP contribution in [0.15, 0.2) is 72.8 Å². The van der Waals surface area contributed by atoms with Crippen LogP contribution in [-0.4, -0.2) is 6.61 Å². The number of halogens is 3. The van der Waals surface area contributed by atoms with E-state index in [2.05, 4.69) is 18.8 Å². The summed E-state index contributed by atoms with van der Waals surface area (Å²) >= 11 is 0. The number of benzene rings is 4. The molecule has 0 bridgehead atoms. The molecule has 0 spiro atoms. The highest BCUT2D eigenvalue weighted by atomic mass is 19.2. The second-order valence-electron chi connectivity index (χ2n) is 7.48. The van der Waals surface area contributed by atoms with Crippen LogP contribution >= 0.6 is 0 Å². The van der Waals surface area contributed by atoms with E-state index in [9.17, 15) is 13.2 Å². The Labute approximate surface area is 185 Å². The van der Waals surface area contributed by atoms with E-state index in [-0.39, 0.29) is 10.8 Å². The summed E-state index contributed by atoms with van der Waals surface area (Å²) in [6, 6.07) is 21.3. The number of ether oxygens (including phenoxy) is 1. The molecule has 0 saturated carbocycles. The Hall–Kier alpha value is -3.71. The first-order chi connectivity index (χ1) is 15.5. The topological polar surface area (TPSA) is 9.23 Å². The minimum Gasteiger partial charge on any atom is -0.494 e. The van der Waals surface area contributed by atoms with Gasteiger partial charge in [-0.3, -0.25) is 0 Å². The second kappa shape index (κ2) is 9.62. The Kier molecular flexibility index (Phi) is 6.47. The molecule has 4 rings (SSSR count). The standard InChI is InChI=1S/C28H21F3O/c1-2-3-16-32-24-13-11-22(12-14-24)21-9-6-19(7-10-21)4-5-20-8-15-25-23(17-20)18-26(29)28(31)27(25)30/h6-15,17-18H,2-3,16H2,1H3. The quantitative estimate of drug-likeness (QED) is 0.181. The molecular formula is C28H21F3O. The van der Waals surface area contributed by atoms with Crippen LogP contribution in [0.3, 0.4) is 0 Å². The van der Waals surface area contributed by atoms with Gasteiger partial charge in [-0.05, 0) is 65.4 Å². The van der Waals surface area contributed by atoms with Crippen molar-refractivity contribution >= 4 is 10.8 Å². The Morgan fingerprint density at radius 2 is 1.34 bits per heavy atom. The van der Waals surface area contributed by atoms with Crippen LogP contribution in [0.5, 0.6) is 5.75 Å². The van der Waals surface area contributed by atoms with Gasteiger partial charge >= 0.3 is 0 Å². The fraction of sp³-hybridized carbons (Fsp3) is 0.143. The molecule has 0 saturated heterocycles. The zero-order valence-electron chi connectivity index (χ0n) is 17.6. The molecule has 4 heteroatoms. The Morgan fingerprint density at radius 1 is 0.719 bits per heavy atom. The van der Waals surface area contributed by atoms with Crippen molar-refractivity contribution in [1.82, 2.24) is 0 Å². The molecular weight excluding hydrogens is 409 g/mol.